The Morgan fingerprint density at radius 3 is 2.72 bits per heavy atom. The zero-order valence-electron chi connectivity index (χ0n) is 11.4. The van der Waals surface area contributed by atoms with Crippen LogP contribution in [0.3, 0.4) is 0 Å². The summed E-state index contributed by atoms with van der Waals surface area (Å²) in [7, 11) is -3.26. The standard InChI is InChI=1S/C12H25N3O2S/c1-3-15(12-6-7-13-9-12)18(16,17)14-8-4-5-11(2)10-14/h11-13H,3-10H2,1-2H3. The highest BCUT2D eigenvalue weighted by Crippen LogP contribution is 2.23. The highest BCUT2D eigenvalue weighted by atomic mass is 32.2. The van der Waals surface area contributed by atoms with Crippen molar-refractivity contribution in [1.82, 2.24) is 13.9 Å². The van der Waals surface area contributed by atoms with Crippen molar-refractivity contribution in [2.75, 3.05) is 32.7 Å². The number of nitrogens with zero attached hydrogens (tertiary/aromatic N) is 2. The van der Waals surface area contributed by atoms with Crippen molar-refractivity contribution in [3.05, 3.63) is 0 Å². The van der Waals surface area contributed by atoms with Gasteiger partial charge in [0, 0.05) is 32.2 Å². The Morgan fingerprint density at radius 2 is 2.17 bits per heavy atom. The van der Waals surface area contributed by atoms with Gasteiger partial charge in [0.05, 0.1) is 0 Å². The van der Waals surface area contributed by atoms with E-state index < -0.39 is 10.2 Å². The third-order valence-electron chi connectivity index (χ3n) is 4.00. The molecule has 2 aliphatic rings. The minimum atomic E-state index is -3.26. The largest absolute Gasteiger partial charge is 0.315 e. The van der Waals surface area contributed by atoms with E-state index in [2.05, 4.69) is 12.2 Å². The van der Waals surface area contributed by atoms with E-state index in [1.807, 2.05) is 6.92 Å². The maximum absolute atomic E-state index is 12.7. The topological polar surface area (TPSA) is 52.7 Å². The van der Waals surface area contributed by atoms with Crippen molar-refractivity contribution < 1.29 is 8.42 Å². The van der Waals surface area contributed by atoms with Crippen molar-refractivity contribution in [2.24, 2.45) is 5.92 Å². The summed E-state index contributed by atoms with van der Waals surface area (Å²) in [6, 6.07) is 0.136. The zero-order chi connectivity index (χ0) is 13.2. The first-order valence-corrected chi connectivity index (χ1v) is 8.43. The molecule has 1 N–H and O–H groups in total. The van der Waals surface area contributed by atoms with E-state index >= 15 is 0 Å². The minimum absolute atomic E-state index is 0.136. The van der Waals surface area contributed by atoms with Crippen LogP contribution in [0.4, 0.5) is 0 Å². The quantitative estimate of drug-likeness (QED) is 0.819. The third-order valence-corrected chi connectivity index (χ3v) is 6.13. The Kier molecular flexibility index (Phi) is 4.64. The van der Waals surface area contributed by atoms with E-state index in [1.54, 1.807) is 8.61 Å². The molecule has 6 heteroatoms. The van der Waals surface area contributed by atoms with Gasteiger partial charge in [-0.15, -0.1) is 0 Å². The second-order valence-electron chi connectivity index (χ2n) is 5.46. The van der Waals surface area contributed by atoms with Gasteiger partial charge in [0.25, 0.3) is 10.2 Å². The van der Waals surface area contributed by atoms with Crippen molar-refractivity contribution >= 4 is 10.2 Å². The molecular formula is C12H25N3O2S. The number of hydrogen-bond donors (Lipinski definition) is 1. The van der Waals surface area contributed by atoms with E-state index in [-0.39, 0.29) is 6.04 Å². The van der Waals surface area contributed by atoms with E-state index in [0.717, 1.165) is 32.4 Å². The Labute approximate surface area is 111 Å². The fourth-order valence-corrected chi connectivity index (χ4v) is 4.98. The third kappa shape index (κ3) is 2.87. The van der Waals surface area contributed by atoms with Gasteiger partial charge in [-0.2, -0.15) is 17.0 Å². The maximum atomic E-state index is 12.7. The van der Waals surface area contributed by atoms with Gasteiger partial charge < -0.3 is 5.32 Å². The van der Waals surface area contributed by atoms with Crippen LogP contribution in [-0.4, -0.2) is 55.8 Å². The van der Waals surface area contributed by atoms with Crippen LogP contribution in [0.5, 0.6) is 0 Å². The van der Waals surface area contributed by atoms with Crippen LogP contribution >= 0.6 is 0 Å². The summed E-state index contributed by atoms with van der Waals surface area (Å²) in [5, 5.41) is 3.25. The summed E-state index contributed by atoms with van der Waals surface area (Å²) in [5.41, 5.74) is 0. The normalized spacial score (nSPS) is 31.1. The molecule has 2 heterocycles. The monoisotopic (exact) mass is 275 g/mol. The molecule has 0 aliphatic carbocycles. The lowest BCUT2D eigenvalue weighted by atomic mass is 10.0. The predicted molar refractivity (Wildman–Crippen MR) is 72.5 cm³/mol. The van der Waals surface area contributed by atoms with Crippen molar-refractivity contribution in [2.45, 2.75) is 39.2 Å². The number of likely N-dealkylation sites (N-methyl/N-ethyl adjacent to an activating group) is 1. The zero-order valence-corrected chi connectivity index (χ0v) is 12.2. The first kappa shape index (κ1) is 14.2. The molecule has 5 nitrogen and oxygen atoms in total. The van der Waals surface area contributed by atoms with Gasteiger partial charge in [-0.1, -0.05) is 13.8 Å². The Hall–Kier alpha value is -0.170. The maximum Gasteiger partial charge on any atom is 0.282 e. The van der Waals surface area contributed by atoms with Crippen LogP contribution < -0.4 is 5.32 Å². The molecule has 18 heavy (non-hydrogen) atoms. The minimum Gasteiger partial charge on any atom is -0.315 e. The number of hydrogen-bond acceptors (Lipinski definition) is 3. The van der Waals surface area contributed by atoms with Crippen LogP contribution in [0.2, 0.25) is 0 Å². The Bertz CT molecular complexity index is 366. The molecule has 0 radical (unpaired) electrons. The average Bonchev–Trinajstić information content (AvgIpc) is 2.83. The molecule has 106 valence electrons. The molecule has 0 aromatic carbocycles. The molecule has 0 amide bonds. The van der Waals surface area contributed by atoms with E-state index in [0.29, 0.717) is 25.6 Å². The molecule has 2 rings (SSSR count). The fraction of sp³-hybridized carbons (Fsp3) is 1.00. The lowest BCUT2D eigenvalue weighted by Gasteiger charge is -2.36. The predicted octanol–water partition coefficient (Wildman–Crippen LogP) is 0.647. The highest BCUT2D eigenvalue weighted by molar-refractivity contribution is 7.86. The summed E-state index contributed by atoms with van der Waals surface area (Å²) < 4.78 is 28.7. The van der Waals surface area contributed by atoms with Gasteiger partial charge in [0.1, 0.15) is 0 Å². The molecule has 0 aromatic heterocycles. The lowest BCUT2D eigenvalue weighted by molar-refractivity contribution is 0.245. The fourth-order valence-electron chi connectivity index (χ4n) is 3.00. The van der Waals surface area contributed by atoms with Gasteiger partial charge >= 0.3 is 0 Å². The van der Waals surface area contributed by atoms with E-state index in [1.165, 1.54) is 0 Å². The highest BCUT2D eigenvalue weighted by Gasteiger charge is 2.36. The van der Waals surface area contributed by atoms with Crippen LogP contribution in [0.25, 0.3) is 0 Å². The SMILES string of the molecule is CCN(C1CCNC1)S(=O)(=O)N1CCCC(C)C1. The van der Waals surface area contributed by atoms with Gasteiger partial charge in [0.15, 0.2) is 0 Å². The molecule has 0 saturated carbocycles. The molecule has 2 saturated heterocycles. The second-order valence-corrected chi connectivity index (χ2v) is 7.34. The number of rotatable bonds is 4. The molecule has 2 atom stereocenters. The second kappa shape index (κ2) is 5.86. The van der Waals surface area contributed by atoms with Gasteiger partial charge in [-0.25, -0.2) is 0 Å². The number of piperidine rings is 1. The summed E-state index contributed by atoms with van der Waals surface area (Å²) in [4.78, 5) is 0. The van der Waals surface area contributed by atoms with E-state index in [4.69, 9.17) is 0 Å². The average molecular weight is 275 g/mol. The summed E-state index contributed by atoms with van der Waals surface area (Å²) in [6.07, 6.45) is 3.06. The molecule has 0 aromatic rings. The molecular weight excluding hydrogens is 250 g/mol. The summed E-state index contributed by atoms with van der Waals surface area (Å²) in [5.74, 6) is 0.480. The molecule has 0 bridgehead atoms. The first-order chi connectivity index (χ1) is 8.55. The van der Waals surface area contributed by atoms with Crippen LogP contribution in [0.15, 0.2) is 0 Å². The molecule has 2 aliphatic heterocycles. The van der Waals surface area contributed by atoms with Gasteiger partial charge in [0.2, 0.25) is 0 Å². The van der Waals surface area contributed by atoms with Crippen LogP contribution in [-0.2, 0) is 10.2 Å². The van der Waals surface area contributed by atoms with Crippen molar-refractivity contribution in [3.8, 4) is 0 Å². The van der Waals surface area contributed by atoms with Gasteiger partial charge in [-0.3, -0.25) is 0 Å². The smallest absolute Gasteiger partial charge is 0.282 e. The molecule has 2 fully saturated rings. The lowest BCUT2D eigenvalue weighted by Crippen LogP contribution is -2.51. The summed E-state index contributed by atoms with van der Waals surface area (Å²) >= 11 is 0. The van der Waals surface area contributed by atoms with Crippen LogP contribution in [0, 0.1) is 5.92 Å². The molecule has 2 unspecified atom stereocenters. The number of nitrogens with one attached hydrogen (secondary N) is 1. The van der Waals surface area contributed by atoms with Crippen LogP contribution in [0.1, 0.15) is 33.1 Å². The Morgan fingerprint density at radius 1 is 1.39 bits per heavy atom. The first-order valence-electron chi connectivity index (χ1n) is 7.03. The Balaban J connectivity index is 2.11. The van der Waals surface area contributed by atoms with Gasteiger partial charge in [-0.05, 0) is 31.7 Å². The molecule has 0 spiro atoms. The van der Waals surface area contributed by atoms with Crippen molar-refractivity contribution in [1.29, 1.82) is 0 Å². The van der Waals surface area contributed by atoms with Crippen molar-refractivity contribution in [3.63, 3.8) is 0 Å². The summed E-state index contributed by atoms with van der Waals surface area (Å²) in [6.45, 7) is 7.71. The van der Waals surface area contributed by atoms with E-state index in [9.17, 15) is 8.42 Å².